The second kappa shape index (κ2) is 21.5. The molecule has 10 N–H and O–H groups in total. The average Bonchev–Trinajstić information content (AvgIpc) is 3.09. The van der Waals surface area contributed by atoms with E-state index in [9.17, 15) is 15.0 Å². The SMILES string of the molecule is CNc1nc2c(c(=O)[nH]1)NCCN2.COc1cc(CNCCCNCCCCNCCCNCc2ccc(O)c(OC)c2)ccc1O. The Kier molecular flexibility index (Phi) is 17.1. The van der Waals surface area contributed by atoms with E-state index in [-0.39, 0.29) is 17.1 Å². The van der Waals surface area contributed by atoms with Crippen LogP contribution >= 0.6 is 0 Å². The van der Waals surface area contributed by atoms with Crippen LogP contribution in [0.4, 0.5) is 17.5 Å². The first-order valence-corrected chi connectivity index (χ1v) is 16.3. The van der Waals surface area contributed by atoms with Crippen LogP contribution in [0.25, 0.3) is 0 Å². The molecule has 0 spiro atoms. The zero-order valence-electron chi connectivity index (χ0n) is 27.9. The molecule has 0 saturated carbocycles. The number of rotatable bonds is 20. The van der Waals surface area contributed by atoms with Gasteiger partial charge < -0.3 is 56.9 Å². The third-order valence-corrected chi connectivity index (χ3v) is 7.39. The molecule has 2 aromatic carbocycles. The first-order valence-electron chi connectivity index (χ1n) is 16.3. The molecule has 0 amide bonds. The second-order valence-electron chi connectivity index (χ2n) is 11.0. The Hall–Kier alpha value is -4.24. The lowest BCUT2D eigenvalue weighted by Gasteiger charge is -2.17. The summed E-state index contributed by atoms with van der Waals surface area (Å²) >= 11 is 0. The molecule has 3 aromatic rings. The predicted molar refractivity (Wildman–Crippen MR) is 188 cm³/mol. The zero-order chi connectivity index (χ0) is 33.7. The summed E-state index contributed by atoms with van der Waals surface area (Å²) < 4.78 is 10.3. The van der Waals surface area contributed by atoms with Gasteiger partial charge in [-0.25, -0.2) is 0 Å². The Morgan fingerprint density at radius 1 is 0.723 bits per heavy atom. The molecular weight excluding hydrogens is 602 g/mol. The van der Waals surface area contributed by atoms with E-state index in [0.29, 0.717) is 29.0 Å². The molecule has 0 atom stereocenters. The molecule has 0 saturated heterocycles. The van der Waals surface area contributed by atoms with Crippen LogP contribution in [0.15, 0.2) is 41.2 Å². The number of anilines is 3. The third kappa shape index (κ3) is 13.6. The number of hydrogen-bond donors (Lipinski definition) is 10. The van der Waals surface area contributed by atoms with Gasteiger partial charge in [-0.2, -0.15) is 4.98 Å². The largest absolute Gasteiger partial charge is 0.504 e. The van der Waals surface area contributed by atoms with Gasteiger partial charge in [0.2, 0.25) is 5.95 Å². The smallest absolute Gasteiger partial charge is 0.277 e. The molecule has 2 heterocycles. The number of nitrogens with one attached hydrogen (secondary N) is 8. The fourth-order valence-corrected chi connectivity index (χ4v) is 4.81. The van der Waals surface area contributed by atoms with Gasteiger partial charge >= 0.3 is 0 Å². The summed E-state index contributed by atoms with van der Waals surface area (Å²) in [5.41, 5.74) is 2.57. The molecule has 0 unspecified atom stereocenters. The van der Waals surface area contributed by atoms with Gasteiger partial charge in [0.25, 0.3) is 5.56 Å². The van der Waals surface area contributed by atoms with Crippen molar-refractivity contribution >= 4 is 17.5 Å². The number of aromatic hydroxyl groups is 2. The Morgan fingerprint density at radius 3 is 1.72 bits per heavy atom. The normalized spacial score (nSPS) is 11.8. The van der Waals surface area contributed by atoms with Gasteiger partial charge in [0.1, 0.15) is 5.69 Å². The molecule has 14 nitrogen and oxygen atoms in total. The lowest BCUT2D eigenvalue weighted by molar-refractivity contribution is 0.372. The minimum Gasteiger partial charge on any atom is -0.504 e. The van der Waals surface area contributed by atoms with Crippen molar-refractivity contribution in [2.24, 2.45) is 0 Å². The monoisotopic (exact) mass is 655 g/mol. The Bertz CT molecular complexity index is 1320. The number of fused-ring (bicyclic) bond motifs is 1. The first kappa shape index (κ1) is 37.2. The van der Waals surface area contributed by atoms with Gasteiger partial charge in [-0.05, 0) is 100 Å². The number of H-pyrrole nitrogens is 1. The molecule has 0 radical (unpaired) electrons. The maximum absolute atomic E-state index is 11.4. The van der Waals surface area contributed by atoms with Gasteiger partial charge in [-0.15, -0.1) is 0 Å². The quantitative estimate of drug-likeness (QED) is 0.0800. The van der Waals surface area contributed by atoms with Crippen molar-refractivity contribution in [3.8, 4) is 23.0 Å². The Labute approximate surface area is 277 Å². The van der Waals surface area contributed by atoms with Crippen LogP contribution in [0, 0.1) is 0 Å². The highest BCUT2D eigenvalue weighted by Gasteiger charge is 2.13. The van der Waals surface area contributed by atoms with Crippen LogP contribution in [0.1, 0.15) is 36.8 Å². The Balaban J connectivity index is 0.000000380. The van der Waals surface area contributed by atoms with Gasteiger partial charge in [-0.1, -0.05) is 12.1 Å². The fraction of sp³-hybridized carbons (Fsp3) is 0.515. The van der Waals surface area contributed by atoms with Gasteiger partial charge in [-0.3, -0.25) is 9.78 Å². The summed E-state index contributed by atoms with van der Waals surface area (Å²) in [6.45, 7) is 9.09. The third-order valence-electron chi connectivity index (χ3n) is 7.39. The molecule has 0 aliphatic carbocycles. The lowest BCUT2D eigenvalue weighted by atomic mass is 10.2. The van der Waals surface area contributed by atoms with Crippen LogP contribution in [0.2, 0.25) is 0 Å². The topological polar surface area (TPSA) is 189 Å². The van der Waals surface area contributed by atoms with Crippen molar-refractivity contribution in [2.75, 3.05) is 89.6 Å². The number of hydrogen-bond acceptors (Lipinski definition) is 13. The number of phenolic OH excluding ortho intramolecular Hbond substituents is 2. The van der Waals surface area contributed by atoms with E-state index in [1.54, 1.807) is 33.4 Å². The van der Waals surface area contributed by atoms with Gasteiger partial charge in [0.05, 0.1) is 14.2 Å². The standard InChI is InChI=1S/C26H42N4O4.C7H11N5O/c1-33-25-17-21(7-9-23(25)31)19-29-15-5-13-27-11-3-4-12-28-14-6-16-30-20-22-8-10-24(32)26(18-22)34-2;1-8-7-11-5-4(6(13)12-7)9-2-3-10-5/h7-10,17-18,27-32H,3-6,11-16,19-20H2,1-2H3;9H,2-3H2,1H3,(H3,8,10,11,12,13). The van der Waals surface area contributed by atoms with E-state index >= 15 is 0 Å². The van der Waals surface area contributed by atoms with Gasteiger partial charge in [0, 0.05) is 33.2 Å². The molecule has 47 heavy (non-hydrogen) atoms. The number of nitrogens with zero attached hydrogens (tertiary/aromatic N) is 1. The second-order valence-corrected chi connectivity index (χ2v) is 11.0. The summed E-state index contributed by atoms with van der Waals surface area (Å²) in [6, 6.07) is 10.9. The summed E-state index contributed by atoms with van der Waals surface area (Å²) in [5, 5.41) is 41.9. The maximum atomic E-state index is 11.4. The van der Waals surface area contributed by atoms with E-state index in [1.807, 2.05) is 24.3 Å². The van der Waals surface area contributed by atoms with E-state index in [1.165, 1.54) is 12.8 Å². The van der Waals surface area contributed by atoms with Crippen molar-refractivity contribution in [1.82, 2.24) is 31.2 Å². The number of unbranched alkanes of at least 4 members (excludes halogenated alkanes) is 1. The minimum absolute atomic E-state index is 0.151. The fourth-order valence-electron chi connectivity index (χ4n) is 4.81. The minimum atomic E-state index is -0.151. The summed E-state index contributed by atoms with van der Waals surface area (Å²) in [6.07, 6.45) is 4.51. The zero-order valence-corrected chi connectivity index (χ0v) is 27.9. The summed E-state index contributed by atoms with van der Waals surface area (Å²) in [7, 11) is 4.83. The van der Waals surface area contributed by atoms with E-state index in [0.717, 1.165) is 89.4 Å². The molecule has 4 rings (SSSR count). The highest BCUT2D eigenvalue weighted by molar-refractivity contribution is 5.66. The van der Waals surface area contributed by atoms with Crippen molar-refractivity contribution in [2.45, 2.75) is 38.8 Å². The molecule has 1 aliphatic heterocycles. The summed E-state index contributed by atoms with van der Waals surface area (Å²) in [4.78, 5) is 18.2. The molecule has 14 heteroatoms. The highest BCUT2D eigenvalue weighted by atomic mass is 16.5. The maximum Gasteiger partial charge on any atom is 0.277 e. The number of benzene rings is 2. The van der Waals surface area contributed by atoms with Crippen molar-refractivity contribution in [1.29, 1.82) is 0 Å². The van der Waals surface area contributed by atoms with Gasteiger partial charge in [0.15, 0.2) is 28.8 Å². The molecule has 1 aromatic heterocycles. The van der Waals surface area contributed by atoms with Crippen molar-refractivity contribution in [3.05, 3.63) is 57.9 Å². The first-order chi connectivity index (χ1) is 22.9. The lowest BCUT2D eigenvalue weighted by Crippen LogP contribution is -2.28. The van der Waals surface area contributed by atoms with Crippen LogP contribution in [0.3, 0.4) is 0 Å². The molecule has 1 aliphatic rings. The van der Waals surface area contributed by atoms with E-state index in [2.05, 4.69) is 47.2 Å². The molecular formula is C33H53N9O5. The number of phenols is 2. The molecule has 260 valence electrons. The van der Waals surface area contributed by atoms with Crippen LogP contribution in [0.5, 0.6) is 23.0 Å². The number of aromatic amines is 1. The van der Waals surface area contributed by atoms with Crippen LogP contribution < -0.4 is 52.3 Å². The molecule has 0 fully saturated rings. The van der Waals surface area contributed by atoms with E-state index < -0.39 is 0 Å². The number of aromatic nitrogens is 2. The van der Waals surface area contributed by atoms with Crippen LogP contribution in [-0.4, -0.2) is 93.8 Å². The van der Waals surface area contributed by atoms with Crippen molar-refractivity contribution in [3.63, 3.8) is 0 Å². The molecule has 0 bridgehead atoms. The predicted octanol–water partition coefficient (Wildman–Crippen LogP) is 2.38. The number of ether oxygens (including phenoxy) is 2. The highest BCUT2D eigenvalue weighted by Crippen LogP contribution is 2.27. The Morgan fingerprint density at radius 2 is 1.21 bits per heavy atom. The summed E-state index contributed by atoms with van der Waals surface area (Å²) in [5.74, 6) is 2.45. The average molecular weight is 656 g/mol. The van der Waals surface area contributed by atoms with Crippen molar-refractivity contribution < 1.29 is 19.7 Å². The van der Waals surface area contributed by atoms with E-state index in [4.69, 9.17) is 9.47 Å². The number of methoxy groups -OCH3 is 2. The van der Waals surface area contributed by atoms with Crippen LogP contribution in [-0.2, 0) is 13.1 Å².